The van der Waals surface area contributed by atoms with Crippen LogP contribution in [0.1, 0.15) is 26.2 Å². The minimum Gasteiger partial charge on any atom is -0.481 e. The molecule has 1 amide bonds. The summed E-state index contributed by atoms with van der Waals surface area (Å²) in [5.74, 6) is -0.759. The molecule has 0 bridgehead atoms. The Balaban J connectivity index is 2.57. The van der Waals surface area contributed by atoms with Crippen molar-refractivity contribution in [2.75, 3.05) is 26.7 Å². The zero-order valence-electron chi connectivity index (χ0n) is 9.98. The van der Waals surface area contributed by atoms with Gasteiger partial charge >= 0.3 is 5.97 Å². The number of hydrogen-bond acceptors (Lipinski definition) is 3. The summed E-state index contributed by atoms with van der Waals surface area (Å²) >= 11 is 0. The van der Waals surface area contributed by atoms with E-state index >= 15 is 0 Å². The number of amides is 1. The van der Waals surface area contributed by atoms with Crippen LogP contribution in [0.3, 0.4) is 0 Å². The quantitative estimate of drug-likeness (QED) is 0.740. The summed E-state index contributed by atoms with van der Waals surface area (Å²) in [6.45, 7) is 4.40. The van der Waals surface area contributed by atoms with E-state index in [-0.39, 0.29) is 18.4 Å². The Morgan fingerprint density at radius 1 is 1.50 bits per heavy atom. The van der Waals surface area contributed by atoms with Crippen molar-refractivity contribution in [2.45, 2.75) is 32.2 Å². The molecule has 5 heteroatoms. The molecule has 1 fully saturated rings. The minimum atomic E-state index is -0.839. The molecule has 0 aromatic rings. The molecule has 1 aliphatic rings. The van der Waals surface area contributed by atoms with Crippen LogP contribution >= 0.6 is 0 Å². The van der Waals surface area contributed by atoms with E-state index in [9.17, 15) is 9.59 Å². The fourth-order valence-electron chi connectivity index (χ4n) is 2.04. The zero-order chi connectivity index (χ0) is 12.1. The van der Waals surface area contributed by atoms with Gasteiger partial charge in [0, 0.05) is 26.1 Å². The Bertz CT molecular complexity index is 268. The normalized spacial score (nSPS) is 22.5. The maximum Gasteiger partial charge on any atom is 0.303 e. The Hall–Kier alpha value is -1.10. The molecule has 0 spiro atoms. The SMILES string of the molecule is CCCN1CCN(C)C(CCC(=O)O)C1=O. The molecule has 1 unspecified atom stereocenters. The third-order valence-electron chi connectivity index (χ3n) is 2.98. The topological polar surface area (TPSA) is 60.9 Å². The zero-order valence-corrected chi connectivity index (χ0v) is 9.98. The molecule has 1 N–H and O–H groups in total. The average molecular weight is 228 g/mol. The average Bonchev–Trinajstić information content (AvgIpc) is 2.22. The lowest BCUT2D eigenvalue weighted by atomic mass is 10.1. The highest BCUT2D eigenvalue weighted by atomic mass is 16.4. The van der Waals surface area contributed by atoms with Crippen molar-refractivity contribution in [1.82, 2.24) is 9.80 Å². The van der Waals surface area contributed by atoms with E-state index in [1.807, 2.05) is 23.8 Å². The second-order valence-electron chi connectivity index (χ2n) is 4.25. The van der Waals surface area contributed by atoms with Crippen LogP contribution in [-0.4, -0.2) is 59.5 Å². The van der Waals surface area contributed by atoms with Gasteiger partial charge in [-0.05, 0) is 19.9 Å². The van der Waals surface area contributed by atoms with Crippen molar-refractivity contribution in [3.05, 3.63) is 0 Å². The predicted molar refractivity (Wildman–Crippen MR) is 60.2 cm³/mol. The maximum atomic E-state index is 12.0. The Kier molecular flexibility index (Phi) is 4.73. The molecule has 1 saturated heterocycles. The number of piperazine rings is 1. The van der Waals surface area contributed by atoms with E-state index < -0.39 is 5.97 Å². The van der Waals surface area contributed by atoms with E-state index in [0.29, 0.717) is 6.42 Å². The fourth-order valence-corrected chi connectivity index (χ4v) is 2.04. The van der Waals surface area contributed by atoms with E-state index in [1.165, 1.54) is 0 Å². The molecule has 1 aliphatic heterocycles. The van der Waals surface area contributed by atoms with Crippen LogP contribution in [0, 0.1) is 0 Å². The smallest absolute Gasteiger partial charge is 0.303 e. The lowest BCUT2D eigenvalue weighted by Crippen LogP contribution is -2.55. The van der Waals surface area contributed by atoms with Gasteiger partial charge in [-0.3, -0.25) is 14.5 Å². The first-order chi connectivity index (χ1) is 7.56. The molecule has 5 nitrogen and oxygen atoms in total. The summed E-state index contributed by atoms with van der Waals surface area (Å²) in [5, 5.41) is 8.64. The summed E-state index contributed by atoms with van der Waals surface area (Å²) in [5.41, 5.74) is 0. The van der Waals surface area contributed by atoms with Gasteiger partial charge in [-0.2, -0.15) is 0 Å². The van der Waals surface area contributed by atoms with Gasteiger partial charge in [0.1, 0.15) is 0 Å². The standard InChI is InChI=1S/C11H20N2O3/c1-3-6-13-8-7-12(2)9(11(13)16)4-5-10(14)15/h9H,3-8H2,1-2H3,(H,14,15). The van der Waals surface area contributed by atoms with Crippen LogP contribution in [0.4, 0.5) is 0 Å². The van der Waals surface area contributed by atoms with Gasteiger partial charge in [-0.15, -0.1) is 0 Å². The summed E-state index contributed by atoms with van der Waals surface area (Å²) in [7, 11) is 1.88. The predicted octanol–water partition coefficient (Wildman–Crippen LogP) is 0.404. The molecular formula is C11H20N2O3. The number of carbonyl (C=O) groups excluding carboxylic acids is 1. The van der Waals surface area contributed by atoms with Crippen LogP contribution in [0.2, 0.25) is 0 Å². The Labute approximate surface area is 96.0 Å². The Morgan fingerprint density at radius 3 is 2.75 bits per heavy atom. The number of carboxylic acids is 1. The Morgan fingerprint density at radius 2 is 2.19 bits per heavy atom. The lowest BCUT2D eigenvalue weighted by molar-refractivity contribution is -0.142. The molecule has 0 aromatic heterocycles. The second kappa shape index (κ2) is 5.84. The van der Waals surface area contributed by atoms with E-state index in [4.69, 9.17) is 5.11 Å². The van der Waals surface area contributed by atoms with Gasteiger partial charge in [0.15, 0.2) is 0 Å². The van der Waals surface area contributed by atoms with Gasteiger partial charge in [-0.1, -0.05) is 6.92 Å². The first-order valence-electron chi connectivity index (χ1n) is 5.77. The van der Waals surface area contributed by atoms with Crippen LogP contribution in [0.15, 0.2) is 0 Å². The van der Waals surface area contributed by atoms with E-state index in [1.54, 1.807) is 0 Å². The number of aliphatic carboxylic acids is 1. The number of carbonyl (C=O) groups is 2. The summed E-state index contributed by atoms with van der Waals surface area (Å²) in [4.78, 5) is 26.3. The molecule has 0 aromatic carbocycles. The van der Waals surface area contributed by atoms with Crippen LogP contribution < -0.4 is 0 Å². The largest absolute Gasteiger partial charge is 0.481 e. The van der Waals surface area contributed by atoms with Gasteiger partial charge in [0.05, 0.1) is 6.04 Å². The lowest BCUT2D eigenvalue weighted by Gasteiger charge is -2.38. The highest BCUT2D eigenvalue weighted by Crippen LogP contribution is 2.14. The molecule has 0 saturated carbocycles. The molecule has 16 heavy (non-hydrogen) atoms. The molecular weight excluding hydrogens is 208 g/mol. The van der Waals surface area contributed by atoms with E-state index in [2.05, 4.69) is 0 Å². The minimum absolute atomic E-state index is 0.0563. The van der Waals surface area contributed by atoms with Gasteiger partial charge < -0.3 is 10.0 Å². The fraction of sp³-hybridized carbons (Fsp3) is 0.818. The van der Waals surface area contributed by atoms with Crippen molar-refractivity contribution in [3.63, 3.8) is 0 Å². The molecule has 1 rings (SSSR count). The van der Waals surface area contributed by atoms with Gasteiger partial charge in [0.2, 0.25) is 5.91 Å². The molecule has 92 valence electrons. The second-order valence-corrected chi connectivity index (χ2v) is 4.25. The number of nitrogens with zero attached hydrogens (tertiary/aromatic N) is 2. The van der Waals surface area contributed by atoms with E-state index in [0.717, 1.165) is 26.1 Å². The summed E-state index contributed by atoms with van der Waals surface area (Å²) in [6.07, 6.45) is 1.41. The molecule has 1 heterocycles. The van der Waals surface area contributed by atoms with Crippen LogP contribution in [0.5, 0.6) is 0 Å². The van der Waals surface area contributed by atoms with Crippen LogP contribution in [-0.2, 0) is 9.59 Å². The molecule has 1 atom stereocenters. The maximum absolute atomic E-state index is 12.0. The highest BCUT2D eigenvalue weighted by Gasteiger charge is 2.32. The number of carboxylic acid groups (broad SMARTS) is 1. The monoisotopic (exact) mass is 228 g/mol. The van der Waals surface area contributed by atoms with Crippen molar-refractivity contribution < 1.29 is 14.7 Å². The summed E-state index contributed by atoms with van der Waals surface area (Å²) < 4.78 is 0. The van der Waals surface area contributed by atoms with Gasteiger partial charge in [-0.25, -0.2) is 0 Å². The highest BCUT2D eigenvalue weighted by molar-refractivity contribution is 5.83. The molecule has 0 aliphatic carbocycles. The van der Waals surface area contributed by atoms with Crippen molar-refractivity contribution in [3.8, 4) is 0 Å². The number of rotatable bonds is 5. The van der Waals surface area contributed by atoms with Crippen molar-refractivity contribution >= 4 is 11.9 Å². The number of likely N-dealkylation sites (N-methyl/N-ethyl adjacent to an activating group) is 1. The van der Waals surface area contributed by atoms with Crippen LogP contribution in [0.25, 0.3) is 0 Å². The number of hydrogen-bond donors (Lipinski definition) is 1. The third kappa shape index (κ3) is 3.20. The molecule has 0 radical (unpaired) electrons. The van der Waals surface area contributed by atoms with Crippen molar-refractivity contribution in [1.29, 1.82) is 0 Å². The first-order valence-corrected chi connectivity index (χ1v) is 5.77. The van der Waals surface area contributed by atoms with Gasteiger partial charge in [0.25, 0.3) is 0 Å². The van der Waals surface area contributed by atoms with Crippen molar-refractivity contribution in [2.24, 2.45) is 0 Å². The third-order valence-corrected chi connectivity index (χ3v) is 2.98. The first kappa shape index (κ1) is 13.0. The summed E-state index contributed by atoms with van der Waals surface area (Å²) in [6, 6.07) is -0.253.